The molecule has 0 saturated carbocycles. The number of aromatic amines is 1. The van der Waals surface area contributed by atoms with E-state index in [9.17, 15) is 18.4 Å². The molecular formula is C23H13ClF3N3. The van der Waals surface area contributed by atoms with Crippen molar-refractivity contribution < 1.29 is 13.2 Å². The molecule has 0 aliphatic carbocycles. The van der Waals surface area contributed by atoms with Gasteiger partial charge in [-0.25, -0.2) is 0 Å². The summed E-state index contributed by atoms with van der Waals surface area (Å²) in [5, 5.41) is 11.1. The molecule has 4 aromatic rings. The quantitative estimate of drug-likeness (QED) is 0.362. The van der Waals surface area contributed by atoms with Gasteiger partial charge in [0.25, 0.3) is 0 Å². The van der Waals surface area contributed by atoms with E-state index in [1.807, 2.05) is 6.07 Å². The second-order valence-corrected chi connectivity index (χ2v) is 7.04. The molecular weight excluding hydrogens is 411 g/mol. The van der Waals surface area contributed by atoms with E-state index in [1.54, 1.807) is 42.9 Å². The molecule has 0 atom stereocenters. The molecule has 0 bridgehead atoms. The zero-order valence-corrected chi connectivity index (χ0v) is 16.1. The Kier molecular flexibility index (Phi) is 5.06. The van der Waals surface area contributed by atoms with Crippen LogP contribution in [-0.2, 0) is 6.18 Å². The van der Waals surface area contributed by atoms with Gasteiger partial charge in [-0.1, -0.05) is 23.7 Å². The third kappa shape index (κ3) is 3.80. The highest BCUT2D eigenvalue weighted by Crippen LogP contribution is 2.33. The van der Waals surface area contributed by atoms with Crippen molar-refractivity contribution in [1.29, 1.82) is 5.26 Å². The summed E-state index contributed by atoms with van der Waals surface area (Å²) in [6.45, 7) is 0. The second-order valence-electron chi connectivity index (χ2n) is 6.60. The van der Waals surface area contributed by atoms with Crippen molar-refractivity contribution in [3.8, 4) is 17.2 Å². The van der Waals surface area contributed by atoms with Crippen molar-refractivity contribution in [3.05, 3.63) is 88.8 Å². The lowest BCUT2D eigenvalue weighted by atomic mass is 9.97. The molecule has 0 spiro atoms. The zero-order chi connectivity index (χ0) is 21.3. The van der Waals surface area contributed by atoms with Gasteiger partial charge in [0, 0.05) is 45.6 Å². The van der Waals surface area contributed by atoms with Gasteiger partial charge >= 0.3 is 6.18 Å². The fourth-order valence-electron chi connectivity index (χ4n) is 3.26. The van der Waals surface area contributed by atoms with Gasteiger partial charge in [0.2, 0.25) is 0 Å². The van der Waals surface area contributed by atoms with Gasteiger partial charge in [-0.15, -0.1) is 0 Å². The first-order valence-corrected chi connectivity index (χ1v) is 9.25. The molecule has 2 aromatic carbocycles. The number of H-pyrrole nitrogens is 1. The number of alkyl halides is 3. The molecule has 3 nitrogen and oxygen atoms in total. The van der Waals surface area contributed by atoms with Crippen LogP contribution in [0.2, 0.25) is 5.02 Å². The van der Waals surface area contributed by atoms with Crippen LogP contribution in [0.25, 0.3) is 33.7 Å². The number of fused-ring (bicyclic) bond motifs is 1. The van der Waals surface area contributed by atoms with E-state index >= 15 is 0 Å². The van der Waals surface area contributed by atoms with Crippen molar-refractivity contribution >= 4 is 34.2 Å². The molecule has 2 heterocycles. The molecule has 0 fully saturated rings. The van der Waals surface area contributed by atoms with Gasteiger partial charge < -0.3 is 4.98 Å². The van der Waals surface area contributed by atoms with Gasteiger partial charge in [0.05, 0.1) is 17.2 Å². The number of nitriles is 1. The fourth-order valence-corrected chi connectivity index (χ4v) is 3.44. The number of allylic oxidation sites excluding steroid dienone is 1. The number of rotatable bonds is 3. The Morgan fingerprint density at radius 2 is 1.87 bits per heavy atom. The van der Waals surface area contributed by atoms with E-state index in [1.165, 1.54) is 12.1 Å². The average Bonchev–Trinajstić information content (AvgIpc) is 3.14. The predicted octanol–water partition coefficient (Wildman–Crippen LogP) is 6.97. The minimum Gasteiger partial charge on any atom is -0.361 e. The lowest BCUT2D eigenvalue weighted by Crippen LogP contribution is -2.04. The maximum absolute atomic E-state index is 12.9. The molecule has 0 aliphatic rings. The monoisotopic (exact) mass is 423 g/mol. The van der Waals surface area contributed by atoms with E-state index in [2.05, 4.69) is 16.0 Å². The van der Waals surface area contributed by atoms with Gasteiger partial charge in [-0.2, -0.15) is 18.4 Å². The minimum atomic E-state index is -4.40. The summed E-state index contributed by atoms with van der Waals surface area (Å²) in [4.78, 5) is 7.22. The lowest BCUT2D eigenvalue weighted by molar-refractivity contribution is -0.137. The summed E-state index contributed by atoms with van der Waals surface area (Å²) in [6.07, 6.45) is 2.13. The van der Waals surface area contributed by atoms with Crippen LogP contribution in [0.1, 0.15) is 16.7 Å². The van der Waals surface area contributed by atoms with E-state index in [0.29, 0.717) is 32.8 Å². The van der Waals surface area contributed by atoms with Crippen LogP contribution in [0.5, 0.6) is 0 Å². The van der Waals surface area contributed by atoms with E-state index in [-0.39, 0.29) is 0 Å². The molecule has 0 aliphatic heterocycles. The number of hydrogen-bond donors (Lipinski definition) is 1. The number of benzene rings is 2. The summed E-state index contributed by atoms with van der Waals surface area (Å²) < 4.78 is 38.6. The summed E-state index contributed by atoms with van der Waals surface area (Å²) in [6, 6.07) is 14.1. The summed E-state index contributed by atoms with van der Waals surface area (Å²) in [5.74, 6) is 0. The first-order chi connectivity index (χ1) is 14.4. The molecule has 4 rings (SSSR count). The fraction of sp³-hybridized carbons (Fsp3) is 0.0435. The molecule has 0 radical (unpaired) electrons. The standard InChI is InChI=1S/C23H13ClF3N3/c24-18-5-6-22-20(10-18)21(13-30-22)15(11-28)9-16-12-29-8-7-19(16)14-1-3-17(4-2-14)23(25,26)27/h1-10,12-13,30H. The van der Waals surface area contributed by atoms with Crippen LogP contribution in [-0.4, -0.2) is 9.97 Å². The Bertz CT molecular complexity index is 1300. The SMILES string of the molecule is N#CC(=Cc1cnccc1-c1ccc(C(F)(F)F)cc1)c1c[nH]c2ccc(Cl)cc12. The summed E-state index contributed by atoms with van der Waals surface area (Å²) >= 11 is 6.10. The molecule has 0 amide bonds. The third-order valence-electron chi connectivity index (χ3n) is 4.73. The van der Waals surface area contributed by atoms with Crippen molar-refractivity contribution in [2.45, 2.75) is 6.18 Å². The third-order valence-corrected chi connectivity index (χ3v) is 4.96. The number of aromatic nitrogens is 2. The lowest BCUT2D eigenvalue weighted by Gasteiger charge is -2.10. The van der Waals surface area contributed by atoms with Gasteiger partial charge in [-0.05, 0) is 53.6 Å². The highest BCUT2D eigenvalue weighted by molar-refractivity contribution is 6.31. The highest BCUT2D eigenvalue weighted by Gasteiger charge is 2.30. The van der Waals surface area contributed by atoms with Crippen LogP contribution in [0.3, 0.4) is 0 Å². The minimum absolute atomic E-state index is 0.379. The molecule has 0 saturated heterocycles. The number of nitrogens with zero attached hydrogens (tertiary/aromatic N) is 2. The molecule has 0 unspecified atom stereocenters. The highest BCUT2D eigenvalue weighted by atomic mass is 35.5. The molecule has 7 heteroatoms. The maximum Gasteiger partial charge on any atom is 0.416 e. The number of halogens is 4. The second kappa shape index (κ2) is 7.69. The van der Waals surface area contributed by atoms with Crippen molar-refractivity contribution in [1.82, 2.24) is 9.97 Å². The van der Waals surface area contributed by atoms with Crippen LogP contribution < -0.4 is 0 Å². The van der Waals surface area contributed by atoms with E-state index in [0.717, 1.165) is 23.0 Å². The normalized spacial score (nSPS) is 12.2. The number of nitrogens with one attached hydrogen (secondary N) is 1. The Balaban J connectivity index is 1.80. The Morgan fingerprint density at radius 3 is 2.57 bits per heavy atom. The molecule has 2 aromatic heterocycles. The van der Waals surface area contributed by atoms with E-state index in [4.69, 9.17) is 11.6 Å². The predicted molar refractivity (Wildman–Crippen MR) is 111 cm³/mol. The number of pyridine rings is 1. The van der Waals surface area contributed by atoms with Crippen LogP contribution in [0, 0.1) is 11.3 Å². The first-order valence-electron chi connectivity index (χ1n) is 8.87. The molecule has 148 valence electrons. The summed E-state index contributed by atoms with van der Waals surface area (Å²) in [5.41, 5.74) is 3.06. The van der Waals surface area contributed by atoms with Crippen molar-refractivity contribution in [2.75, 3.05) is 0 Å². The van der Waals surface area contributed by atoms with E-state index < -0.39 is 11.7 Å². The Morgan fingerprint density at radius 1 is 1.10 bits per heavy atom. The Labute approximate surface area is 175 Å². The largest absolute Gasteiger partial charge is 0.416 e. The first kappa shape index (κ1) is 19.7. The zero-order valence-electron chi connectivity index (χ0n) is 15.3. The summed E-state index contributed by atoms with van der Waals surface area (Å²) in [7, 11) is 0. The van der Waals surface area contributed by atoms with Crippen molar-refractivity contribution in [3.63, 3.8) is 0 Å². The smallest absolute Gasteiger partial charge is 0.361 e. The van der Waals surface area contributed by atoms with Gasteiger partial charge in [0.15, 0.2) is 0 Å². The average molecular weight is 424 g/mol. The van der Waals surface area contributed by atoms with Crippen molar-refractivity contribution in [2.24, 2.45) is 0 Å². The van der Waals surface area contributed by atoms with Crippen LogP contribution >= 0.6 is 11.6 Å². The molecule has 1 N–H and O–H groups in total. The van der Waals surface area contributed by atoms with Crippen LogP contribution in [0.15, 0.2) is 67.1 Å². The maximum atomic E-state index is 12.9. The molecule has 30 heavy (non-hydrogen) atoms. The topological polar surface area (TPSA) is 52.5 Å². The number of hydrogen-bond acceptors (Lipinski definition) is 2. The van der Waals surface area contributed by atoms with Gasteiger partial charge in [-0.3, -0.25) is 4.98 Å². The van der Waals surface area contributed by atoms with Gasteiger partial charge in [0.1, 0.15) is 0 Å². The Hall–Kier alpha value is -3.56. The van der Waals surface area contributed by atoms with Crippen LogP contribution in [0.4, 0.5) is 13.2 Å².